The lowest BCUT2D eigenvalue weighted by molar-refractivity contribution is -0.114. The van der Waals surface area contributed by atoms with Gasteiger partial charge in [-0.1, -0.05) is 53.7 Å². The zero-order chi connectivity index (χ0) is 22.7. The maximum atomic E-state index is 14.0. The van der Waals surface area contributed by atoms with E-state index < -0.39 is 0 Å². The van der Waals surface area contributed by atoms with Crippen LogP contribution in [-0.4, -0.2) is 25.4 Å². The number of carbonyl (C=O) groups is 2. The van der Waals surface area contributed by atoms with Crippen molar-refractivity contribution < 1.29 is 14.0 Å². The summed E-state index contributed by atoms with van der Waals surface area (Å²) >= 11 is 7.16. The molecule has 1 aliphatic heterocycles. The van der Waals surface area contributed by atoms with Crippen molar-refractivity contribution in [3.63, 3.8) is 0 Å². The molecule has 3 aromatic rings. The third-order valence-corrected chi connectivity index (χ3v) is 6.45. The maximum Gasteiger partial charge on any atom is 0.264 e. The van der Waals surface area contributed by atoms with Gasteiger partial charge in [0.05, 0.1) is 10.6 Å². The Bertz CT molecular complexity index is 1210. The normalized spacial score (nSPS) is 14.4. The summed E-state index contributed by atoms with van der Waals surface area (Å²) in [6.45, 7) is 0.483. The number of halogens is 2. The number of likely N-dealkylation sites (N-methyl/N-ethyl adjacent to an activating group) is 1. The van der Waals surface area contributed by atoms with Crippen molar-refractivity contribution in [3.05, 3.63) is 99.2 Å². The Hall–Kier alpha value is -3.09. The van der Waals surface area contributed by atoms with E-state index in [9.17, 15) is 14.0 Å². The average Bonchev–Trinajstić information content (AvgIpc) is 2.79. The van der Waals surface area contributed by atoms with Gasteiger partial charge in [0.25, 0.3) is 11.8 Å². The molecule has 162 valence electrons. The number of hydrogen-bond acceptors (Lipinski definition) is 3. The number of nitrogens with one attached hydrogen (secondary N) is 1. The van der Waals surface area contributed by atoms with Gasteiger partial charge in [-0.2, -0.15) is 0 Å². The minimum absolute atomic E-state index is 0.208. The number of hydrogen-bond donors (Lipinski definition) is 1. The van der Waals surface area contributed by atoms with Crippen LogP contribution in [0.3, 0.4) is 0 Å². The van der Waals surface area contributed by atoms with Crippen molar-refractivity contribution >= 4 is 46.9 Å². The zero-order valence-electron chi connectivity index (χ0n) is 17.3. The number of anilines is 1. The molecule has 0 saturated heterocycles. The molecule has 32 heavy (non-hydrogen) atoms. The Morgan fingerprint density at radius 2 is 1.88 bits per heavy atom. The van der Waals surface area contributed by atoms with Crippen LogP contribution in [-0.2, 0) is 11.2 Å². The Morgan fingerprint density at radius 3 is 2.62 bits per heavy atom. The molecular formula is C25H20ClFN2O2S. The summed E-state index contributed by atoms with van der Waals surface area (Å²) in [5, 5.41) is 3.58. The molecule has 2 amide bonds. The van der Waals surface area contributed by atoms with Crippen molar-refractivity contribution in [2.75, 3.05) is 18.5 Å². The molecular weight excluding hydrogens is 447 g/mol. The molecule has 0 fully saturated rings. The van der Waals surface area contributed by atoms with Gasteiger partial charge in [-0.05, 0) is 54.5 Å². The van der Waals surface area contributed by atoms with Crippen LogP contribution in [0.25, 0.3) is 6.08 Å². The van der Waals surface area contributed by atoms with Crippen molar-refractivity contribution in [1.29, 1.82) is 0 Å². The highest BCUT2D eigenvalue weighted by atomic mass is 35.5. The molecule has 3 aromatic carbocycles. The molecule has 7 heteroatoms. The second-order valence-corrected chi connectivity index (χ2v) is 8.83. The van der Waals surface area contributed by atoms with Gasteiger partial charge in [-0.15, -0.1) is 0 Å². The molecule has 1 heterocycles. The fraction of sp³-hybridized carbons (Fsp3) is 0.120. The fourth-order valence-corrected chi connectivity index (χ4v) is 4.55. The van der Waals surface area contributed by atoms with Gasteiger partial charge in [0.1, 0.15) is 5.82 Å². The molecule has 0 aromatic heterocycles. The first-order valence-electron chi connectivity index (χ1n) is 10.0. The number of thioether (sulfide) groups is 1. The lowest BCUT2D eigenvalue weighted by atomic mass is 10.1. The van der Waals surface area contributed by atoms with E-state index in [2.05, 4.69) is 5.32 Å². The average molecular weight is 467 g/mol. The third kappa shape index (κ3) is 4.87. The van der Waals surface area contributed by atoms with E-state index in [4.69, 9.17) is 11.6 Å². The molecule has 0 spiro atoms. The minimum Gasteiger partial charge on any atom is -0.352 e. The first kappa shape index (κ1) is 22.1. The Balaban J connectivity index is 1.47. The van der Waals surface area contributed by atoms with Gasteiger partial charge in [-0.25, -0.2) is 4.39 Å². The summed E-state index contributed by atoms with van der Waals surface area (Å²) in [4.78, 5) is 28.2. The Morgan fingerprint density at radius 1 is 1.12 bits per heavy atom. The fourth-order valence-electron chi connectivity index (χ4n) is 3.34. The topological polar surface area (TPSA) is 49.4 Å². The van der Waals surface area contributed by atoms with Crippen LogP contribution in [0.15, 0.2) is 76.5 Å². The lowest BCUT2D eigenvalue weighted by Crippen LogP contribution is -2.31. The molecule has 0 radical (unpaired) electrons. The first-order chi connectivity index (χ1) is 15.4. The Kier molecular flexibility index (Phi) is 6.63. The summed E-state index contributed by atoms with van der Waals surface area (Å²) in [6.07, 6.45) is 2.24. The highest BCUT2D eigenvalue weighted by Crippen LogP contribution is 2.42. The van der Waals surface area contributed by atoms with Crippen LogP contribution in [0, 0.1) is 5.82 Å². The summed E-state index contributed by atoms with van der Waals surface area (Å²) in [5.41, 5.74) is 2.56. The van der Waals surface area contributed by atoms with E-state index >= 15 is 0 Å². The standard InChI is InChI=1S/C25H20ClFN2O2S/c1-29-21-14-18(24(30)28-13-12-16-6-9-19(26)10-7-16)8-11-22(21)32-23(25(29)31)15-17-4-2-3-5-20(17)27/h2-11,14-15H,12-13H2,1H3,(H,28,30)/b23-15-. The number of benzene rings is 3. The van der Waals surface area contributed by atoms with Gasteiger partial charge in [0, 0.05) is 34.6 Å². The Labute approximate surface area is 195 Å². The van der Waals surface area contributed by atoms with Gasteiger partial charge in [0.15, 0.2) is 0 Å². The van der Waals surface area contributed by atoms with Crippen molar-refractivity contribution in [2.24, 2.45) is 0 Å². The van der Waals surface area contributed by atoms with Crippen LogP contribution in [0.4, 0.5) is 10.1 Å². The number of fused-ring (bicyclic) bond motifs is 1. The second kappa shape index (κ2) is 9.59. The molecule has 0 atom stereocenters. The van der Waals surface area contributed by atoms with Crippen molar-refractivity contribution in [1.82, 2.24) is 5.32 Å². The number of carbonyl (C=O) groups excluding carboxylic acids is 2. The van der Waals surface area contributed by atoms with E-state index in [0.29, 0.717) is 39.7 Å². The van der Waals surface area contributed by atoms with Crippen molar-refractivity contribution in [2.45, 2.75) is 11.3 Å². The number of rotatable bonds is 5. The predicted octanol–water partition coefficient (Wildman–Crippen LogP) is 5.56. The summed E-state index contributed by atoms with van der Waals surface area (Å²) < 4.78 is 14.0. The molecule has 0 saturated carbocycles. The molecule has 1 aliphatic rings. The third-order valence-electron chi connectivity index (χ3n) is 5.12. The molecule has 1 N–H and O–H groups in total. The molecule has 4 rings (SSSR count). The van der Waals surface area contributed by atoms with Gasteiger partial charge >= 0.3 is 0 Å². The van der Waals surface area contributed by atoms with Crippen LogP contribution in [0.5, 0.6) is 0 Å². The van der Waals surface area contributed by atoms with Crippen LogP contribution < -0.4 is 10.2 Å². The highest BCUT2D eigenvalue weighted by Gasteiger charge is 2.27. The largest absolute Gasteiger partial charge is 0.352 e. The van der Waals surface area contributed by atoms with E-state index in [1.54, 1.807) is 43.5 Å². The van der Waals surface area contributed by atoms with E-state index in [0.717, 1.165) is 10.5 Å². The first-order valence-corrected chi connectivity index (χ1v) is 11.2. The van der Waals surface area contributed by atoms with Gasteiger partial charge in [-0.3, -0.25) is 9.59 Å². The maximum absolute atomic E-state index is 14.0. The predicted molar refractivity (Wildman–Crippen MR) is 128 cm³/mol. The van der Waals surface area contributed by atoms with Crippen LogP contribution in [0.2, 0.25) is 5.02 Å². The second-order valence-electron chi connectivity index (χ2n) is 7.31. The van der Waals surface area contributed by atoms with Crippen LogP contribution in [0.1, 0.15) is 21.5 Å². The zero-order valence-corrected chi connectivity index (χ0v) is 18.8. The van der Waals surface area contributed by atoms with E-state index in [-0.39, 0.29) is 17.6 Å². The van der Waals surface area contributed by atoms with E-state index in [1.807, 2.05) is 30.3 Å². The molecule has 0 unspecified atom stereocenters. The summed E-state index contributed by atoms with van der Waals surface area (Å²) in [6, 6.07) is 19.1. The van der Waals surface area contributed by atoms with E-state index in [1.165, 1.54) is 22.7 Å². The quantitative estimate of drug-likeness (QED) is 0.501. The monoisotopic (exact) mass is 466 g/mol. The van der Waals surface area contributed by atoms with Crippen molar-refractivity contribution in [3.8, 4) is 0 Å². The van der Waals surface area contributed by atoms with Crippen LogP contribution >= 0.6 is 23.4 Å². The number of nitrogens with zero attached hydrogens (tertiary/aromatic N) is 1. The van der Waals surface area contributed by atoms with Gasteiger partial charge < -0.3 is 10.2 Å². The molecule has 0 aliphatic carbocycles. The smallest absolute Gasteiger partial charge is 0.264 e. The summed E-state index contributed by atoms with van der Waals surface area (Å²) in [5.74, 6) is -0.834. The molecule has 0 bridgehead atoms. The highest BCUT2D eigenvalue weighted by molar-refractivity contribution is 8.04. The molecule has 4 nitrogen and oxygen atoms in total. The number of amides is 2. The summed E-state index contributed by atoms with van der Waals surface area (Å²) in [7, 11) is 1.65. The SMILES string of the molecule is CN1C(=O)/C(=C/c2ccccc2F)Sc2ccc(C(=O)NCCc3ccc(Cl)cc3)cc21. The minimum atomic E-state index is -0.382. The van der Waals surface area contributed by atoms with Gasteiger partial charge in [0.2, 0.25) is 0 Å². The lowest BCUT2D eigenvalue weighted by Gasteiger charge is -2.27.